The summed E-state index contributed by atoms with van der Waals surface area (Å²) in [5, 5.41) is 0. The Hall–Kier alpha value is 0.667. The molecule has 5 heavy (non-hydrogen) atoms. The predicted molar refractivity (Wildman–Crippen MR) is 10.8 cm³/mol. The molecule has 0 rings (SSSR count). The molecule has 0 aliphatic heterocycles. The van der Waals surface area contributed by atoms with Gasteiger partial charge in [0.2, 0.25) is 0 Å². The van der Waals surface area contributed by atoms with E-state index < -0.39 is 11.4 Å². The third-order valence-corrected chi connectivity index (χ3v) is 0. The summed E-state index contributed by atoms with van der Waals surface area (Å²) in [5.41, 5.74) is 0. The largest absolute Gasteiger partial charge is 1.00 e. The second-order valence-electron chi connectivity index (χ2n) is 0.204. The predicted octanol–water partition coefficient (Wildman–Crippen LogP) is -3.89. The first-order chi connectivity index (χ1) is 1.73. The first-order valence-corrected chi connectivity index (χ1v) is 1.50. The van der Waals surface area contributed by atoms with Gasteiger partial charge in [0.15, 0.2) is 0 Å². The van der Waals surface area contributed by atoms with Crippen LogP contribution in [-0.4, -0.2) is 13.3 Å². The van der Waals surface area contributed by atoms with Crippen LogP contribution in [0.1, 0.15) is 1.43 Å². The number of hydrogen-bond acceptors (Lipinski definition) is 3. The van der Waals surface area contributed by atoms with Crippen molar-refractivity contribution < 1.29 is 33.6 Å². The second kappa shape index (κ2) is 4.67. The van der Waals surface area contributed by atoms with E-state index in [1.807, 2.05) is 0 Å². The Labute approximate surface area is 45.5 Å². The van der Waals surface area contributed by atoms with Gasteiger partial charge in [0.25, 0.3) is 0 Å². The monoisotopic (exact) mass is 88.0 g/mol. The number of hydrogen-bond donors (Lipinski definition) is 0. The van der Waals surface area contributed by atoms with E-state index in [1.54, 1.807) is 0 Å². The smallest absolute Gasteiger partial charge is 0.784 e. The van der Waals surface area contributed by atoms with Gasteiger partial charge in [-0.25, -0.2) is 0 Å². The molecule has 0 unspecified atom stereocenters. The molecule has 0 spiro atoms. The summed E-state index contributed by atoms with van der Waals surface area (Å²) in [6.45, 7) is 0. The van der Waals surface area contributed by atoms with Crippen molar-refractivity contribution >= 4 is 11.4 Å². The van der Waals surface area contributed by atoms with Crippen LogP contribution < -0.4 is 18.9 Å². The zero-order valence-electron chi connectivity index (χ0n) is 3.63. The van der Waals surface area contributed by atoms with Crippen molar-refractivity contribution in [3.8, 4) is 0 Å². The summed E-state index contributed by atoms with van der Waals surface area (Å²) in [6, 6.07) is 0. The van der Waals surface area contributed by atoms with Gasteiger partial charge in [-0.05, 0) is 0 Å². The van der Waals surface area contributed by atoms with Crippen LogP contribution in [0.5, 0.6) is 0 Å². The zero-order chi connectivity index (χ0) is 3.58. The first-order valence-electron chi connectivity index (χ1n) is 0.500. The molecule has 26 valence electrons. The number of rotatable bonds is 0. The van der Waals surface area contributed by atoms with Crippen LogP contribution in [0.4, 0.5) is 0 Å². The molecule has 0 aromatic rings. The van der Waals surface area contributed by atoms with Crippen LogP contribution in [-0.2, 0) is 11.4 Å². The summed E-state index contributed by atoms with van der Waals surface area (Å²) in [7, 11) is 0. The molecule has 0 saturated heterocycles. The van der Waals surface area contributed by atoms with Crippen molar-refractivity contribution in [2.45, 2.75) is 0 Å². The molecule has 0 amide bonds. The minimum atomic E-state index is -3.11. The molecule has 0 fully saturated rings. The second-order valence-corrected chi connectivity index (χ2v) is 0.612. The summed E-state index contributed by atoms with van der Waals surface area (Å²) >= 11 is -3.11. The maximum atomic E-state index is 8.44. The van der Waals surface area contributed by atoms with E-state index in [-0.39, 0.29) is 20.3 Å². The van der Waals surface area contributed by atoms with E-state index in [9.17, 15) is 0 Å². The molecule has 0 heterocycles. The van der Waals surface area contributed by atoms with E-state index in [4.69, 9.17) is 13.3 Å². The molecular weight excluding hydrogens is 87.0 g/mol. The molecular formula is HLiO3S. The molecule has 3 nitrogen and oxygen atoms in total. The quantitative estimate of drug-likeness (QED) is 0.224. The molecule has 0 atom stereocenters. The van der Waals surface area contributed by atoms with Gasteiger partial charge in [-0.1, -0.05) is 0 Å². The van der Waals surface area contributed by atoms with E-state index in [2.05, 4.69) is 0 Å². The van der Waals surface area contributed by atoms with Gasteiger partial charge in [-0.15, -0.1) is 11.4 Å². The van der Waals surface area contributed by atoms with Gasteiger partial charge in [0, 0.05) is 0 Å². The van der Waals surface area contributed by atoms with Crippen LogP contribution in [0.25, 0.3) is 0 Å². The van der Waals surface area contributed by atoms with Crippen LogP contribution in [0, 0.1) is 0 Å². The molecule has 0 N–H and O–H groups in total. The fourth-order valence-electron chi connectivity index (χ4n) is 0. The minimum absolute atomic E-state index is 0. The maximum absolute atomic E-state index is 8.44. The van der Waals surface area contributed by atoms with Crippen molar-refractivity contribution in [2.75, 3.05) is 0 Å². The van der Waals surface area contributed by atoms with E-state index in [0.29, 0.717) is 0 Å². The van der Waals surface area contributed by atoms with Gasteiger partial charge in [0.1, 0.15) is 0 Å². The van der Waals surface area contributed by atoms with Crippen LogP contribution in [0.3, 0.4) is 0 Å². The van der Waals surface area contributed by atoms with Crippen molar-refractivity contribution in [3.63, 3.8) is 0 Å². The van der Waals surface area contributed by atoms with Crippen LogP contribution in [0.2, 0.25) is 0 Å². The van der Waals surface area contributed by atoms with Crippen molar-refractivity contribution in [1.82, 2.24) is 0 Å². The Morgan fingerprint density at radius 2 is 1.60 bits per heavy atom. The normalized spacial score (nSPS) is 7.00. The van der Waals surface area contributed by atoms with Crippen molar-refractivity contribution in [2.24, 2.45) is 0 Å². The molecule has 5 heteroatoms. The molecule has 0 bridgehead atoms. The molecule has 0 aromatic carbocycles. The third-order valence-electron chi connectivity index (χ3n) is 0. The van der Waals surface area contributed by atoms with Gasteiger partial charge >= 0.3 is 20.3 Å². The maximum Gasteiger partial charge on any atom is 1.00 e. The van der Waals surface area contributed by atoms with Crippen molar-refractivity contribution in [1.29, 1.82) is 0 Å². The zero-order valence-corrected chi connectivity index (χ0v) is 3.45. The molecule has 0 aliphatic rings. The summed E-state index contributed by atoms with van der Waals surface area (Å²) in [6.07, 6.45) is 0. The molecule has 0 saturated carbocycles. The Morgan fingerprint density at radius 1 is 1.60 bits per heavy atom. The summed E-state index contributed by atoms with van der Waals surface area (Å²) < 4.78 is 25.3. The van der Waals surface area contributed by atoms with E-state index >= 15 is 0 Å². The first kappa shape index (κ1) is 9.18. The van der Waals surface area contributed by atoms with Gasteiger partial charge < -0.3 is 9.11 Å². The summed E-state index contributed by atoms with van der Waals surface area (Å²) in [4.78, 5) is 0. The Morgan fingerprint density at radius 3 is 1.60 bits per heavy atom. The van der Waals surface area contributed by atoms with E-state index in [1.165, 1.54) is 0 Å². The molecule has 0 aliphatic carbocycles. The van der Waals surface area contributed by atoms with Crippen LogP contribution >= 0.6 is 0 Å². The minimum Gasteiger partial charge on any atom is -0.784 e. The van der Waals surface area contributed by atoms with E-state index in [0.717, 1.165) is 0 Å². The SMILES string of the molecule is O=S([O-])[O-].[H+].[Li+]. The Bertz CT molecular complexity index is 33.8. The molecule has 0 aromatic heterocycles. The Kier molecular flexibility index (Phi) is 8.57. The average molecular weight is 88.0 g/mol. The standard InChI is InChI=1S/Li.H2O3S/c;1-4(2)3/h;(H2,1,2,3)/q+1;/p-1. The fraction of sp³-hybridized carbons (Fsp3) is 0. The van der Waals surface area contributed by atoms with Crippen LogP contribution in [0.15, 0.2) is 0 Å². The van der Waals surface area contributed by atoms with Crippen molar-refractivity contribution in [3.05, 3.63) is 0 Å². The van der Waals surface area contributed by atoms with Gasteiger partial charge in [-0.2, -0.15) is 0 Å². The van der Waals surface area contributed by atoms with Gasteiger partial charge in [0.05, 0.1) is 0 Å². The molecule has 0 radical (unpaired) electrons. The average Bonchev–Trinajstić information content (AvgIpc) is 0.811. The summed E-state index contributed by atoms with van der Waals surface area (Å²) in [5.74, 6) is 0. The topological polar surface area (TPSA) is 63.2 Å². The fourth-order valence-corrected chi connectivity index (χ4v) is 0. The van der Waals surface area contributed by atoms with Gasteiger partial charge in [-0.3, -0.25) is 4.21 Å². The Balaban J connectivity index is -0.0000000450. The third kappa shape index (κ3) is 74.6.